The standard InChI is InChI=1S/C21H19ClF3N3O2S2/c22-18-7-6-16(21(23,24)25)13-19(18)32(29,30)28-10-8-27(9-11-28)20-26-17(14-31-20)12-15-4-2-1-3-5-15/h1-7,13-14H,8-12H2. The van der Waals surface area contributed by atoms with Gasteiger partial charge in [-0.15, -0.1) is 11.3 Å². The number of rotatable bonds is 5. The molecule has 0 amide bonds. The molecule has 3 aromatic rings. The van der Waals surface area contributed by atoms with E-state index in [0.717, 1.165) is 28.5 Å². The quantitative estimate of drug-likeness (QED) is 0.498. The van der Waals surface area contributed by atoms with E-state index in [9.17, 15) is 21.6 Å². The second kappa shape index (κ2) is 9.01. The van der Waals surface area contributed by atoms with Crippen LogP contribution in [0.2, 0.25) is 5.02 Å². The number of piperazine rings is 1. The van der Waals surface area contributed by atoms with Crippen LogP contribution in [0.4, 0.5) is 18.3 Å². The monoisotopic (exact) mass is 501 g/mol. The molecule has 1 saturated heterocycles. The Morgan fingerprint density at radius 3 is 2.38 bits per heavy atom. The molecule has 1 aliphatic heterocycles. The highest BCUT2D eigenvalue weighted by Crippen LogP contribution is 2.35. The Hall–Kier alpha value is -2.14. The third-order valence-electron chi connectivity index (χ3n) is 5.15. The molecule has 11 heteroatoms. The number of thiazole rings is 1. The molecule has 0 saturated carbocycles. The maximum atomic E-state index is 13.0. The molecule has 0 radical (unpaired) electrons. The van der Waals surface area contributed by atoms with Crippen molar-refractivity contribution in [2.45, 2.75) is 17.5 Å². The van der Waals surface area contributed by atoms with Gasteiger partial charge >= 0.3 is 6.18 Å². The number of hydrogen-bond acceptors (Lipinski definition) is 5. The Morgan fingerprint density at radius 1 is 1.03 bits per heavy atom. The zero-order chi connectivity index (χ0) is 22.9. The van der Waals surface area contributed by atoms with Gasteiger partial charge in [-0.2, -0.15) is 17.5 Å². The van der Waals surface area contributed by atoms with E-state index in [4.69, 9.17) is 11.6 Å². The predicted molar refractivity (Wildman–Crippen MR) is 119 cm³/mol. The number of halogens is 4. The molecular weight excluding hydrogens is 483 g/mol. The Labute approximate surface area is 193 Å². The van der Waals surface area contributed by atoms with Gasteiger partial charge in [-0.05, 0) is 23.8 Å². The van der Waals surface area contributed by atoms with E-state index >= 15 is 0 Å². The van der Waals surface area contributed by atoms with Crippen LogP contribution in [0.25, 0.3) is 0 Å². The molecule has 32 heavy (non-hydrogen) atoms. The van der Waals surface area contributed by atoms with Crippen molar-refractivity contribution < 1.29 is 21.6 Å². The van der Waals surface area contributed by atoms with Crippen molar-refractivity contribution in [1.82, 2.24) is 9.29 Å². The number of aromatic nitrogens is 1. The summed E-state index contributed by atoms with van der Waals surface area (Å²) in [5.41, 5.74) is 1.04. The maximum absolute atomic E-state index is 13.0. The van der Waals surface area contributed by atoms with Gasteiger partial charge in [0, 0.05) is 38.0 Å². The molecule has 4 rings (SSSR count). The van der Waals surface area contributed by atoms with Crippen molar-refractivity contribution >= 4 is 38.1 Å². The number of alkyl halides is 3. The summed E-state index contributed by atoms with van der Waals surface area (Å²) in [7, 11) is -4.16. The van der Waals surface area contributed by atoms with Crippen LogP contribution in [-0.4, -0.2) is 43.9 Å². The van der Waals surface area contributed by atoms with Crippen LogP contribution in [0.3, 0.4) is 0 Å². The molecule has 2 heterocycles. The van der Waals surface area contributed by atoms with E-state index in [1.54, 1.807) is 0 Å². The van der Waals surface area contributed by atoms with Gasteiger partial charge in [-0.3, -0.25) is 0 Å². The van der Waals surface area contributed by atoms with E-state index in [-0.39, 0.29) is 18.1 Å². The smallest absolute Gasteiger partial charge is 0.345 e. The Bertz CT molecular complexity index is 1190. The second-order valence-electron chi connectivity index (χ2n) is 7.32. The minimum absolute atomic E-state index is 0.127. The fourth-order valence-electron chi connectivity index (χ4n) is 3.46. The average molecular weight is 502 g/mol. The van der Waals surface area contributed by atoms with Crippen molar-refractivity contribution in [3.05, 3.63) is 75.8 Å². The van der Waals surface area contributed by atoms with E-state index in [1.807, 2.05) is 40.6 Å². The second-order valence-corrected chi connectivity index (χ2v) is 10.5. The van der Waals surface area contributed by atoms with Gasteiger partial charge in [-0.1, -0.05) is 41.9 Å². The molecule has 0 aliphatic carbocycles. The van der Waals surface area contributed by atoms with Gasteiger partial charge in [0.2, 0.25) is 10.0 Å². The van der Waals surface area contributed by atoms with Crippen LogP contribution in [0, 0.1) is 0 Å². The molecule has 0 atom stereocenters. The lowest BCUT2D eigenvalue weighted by molar-refractivity contribution is -0.137. The number of hydrogen-bond donors (Lipinski definition) is 0. The third-order valence-corrected chi connectivity index (χ3v) is 8.48. The molecule has 2 aromatic carbocycles. The summed E-state index contributed by atoms with van der Waals surface area (Å²) < 4.78 is 66.3. The maximum Gasteiger partial charge on any atom is 0.416 e. The van der Waals surface area contributed by atoms with Gasteiger partial charge in [-0.25, -0.2) is 13.4 Å². The van der Waals surface area contributed by atoms with Crippen LogP contribution in [0.1, 0.15) is 16.8 Å². The van der Waals surface area contributed by atoms with E-state index in [2.05, 4.69) is 4.98 Å². The minimum Gasteiger partial charge on any atom is -0.345 e. The summed E-state index contributed by atoms with van der Waals surface area (Å²) in [4.78, 5) is 6.12. The zero-order valence-electron chi connectivity index (χ0n) is 16.7. The summed E-state index contributed by atoms with van der Waals surface area (Å²) in [6, 6.07) is 12.3. The molecule has 1 aliphatic rings. The van der Waals surface area contributed by atoms with E-state index in [0.29, 0.717) is 25.6 Å². The van der Waals surface area contributed by atoms with E-state index in [1.165, 1.54) is 15.6 Å². The normalized spacial score (nSPS) is 15.8. The lowest BCUT2D eigenvalue weighted by Gasteiger charge is -2.34. The fourth-order valence-corrected chi connectivity index (χ4v) is 6.27. The third kappa shape index (κ3) is 4.93. The SMILES string of the molecule is O=S(=O)(c1cc(C(F)(F)F)ccc1Cl)N1CCN(c2nc(Cc3ccccc3)cs2)CC1. The topological polar surface area (TPSA) is 53.5 Å². The Kier molecular flexibility index (Phi) is 6.49. The number of benzene rings is 2. The molecule has 0 N–H and O–H groups in total. The summed E-state index contributed by atoms with van der Waals surface area (Å²) in [6.45, 7) is 1.02. The van der Waals surface area contributed by atoms with Gasteiger partial charge < -0.3 is 4.90 Å². The first-order chi connectivity index (χ1) is 15.1. The molecule has 5 nitrogen and oxygen atoms in total. The average Bonchev–Trinajstić information content (AvgIpc) is 3.22. The Morgan fingerprint density at radius 2 is 1.72 bits per heavy atom. The molecule has 170 valence electrons. The van der Waals surface area contributed by atoms with Crippen molar-refractivity contribution in [2.24, 2.45) is 0 Å². The largest absolute Gasteiger partial charge is 0.416 e. The first kappa shape index (κ1) is 23.0. The van der Waals surface area contributed by atoms with Crippen LogP contribution in [-0.2, 0) is 22.6 Å². The summed E-state index contributed by atoms with van der Waals surface area (Å²) in [5.74, 6) is 0. The minimum atomic E-state index is -4.66. The van der Waals surface area contributed by atoms with Crippen LogP contribution in [0.5, 0.6) is 0 Å². The summed E-state index contributed by atoms with van der Waals surface area (Å²) in [6.07, 6.45) is -3.95. The number of sulfonamides is 1. The summed E-state index contributed by atoms with van der Waals surface area (Å²) >= 11 is 7.44. The molecule has 1 fully saturated rings. The van der Waals surface area contributed by atoms with E-state index < -0.39 is 26.7 Å². The van der Waals surface area contributed by atoms with Gasteiger partial charge in [0.15, 0.2) is 5.13 Å². The molecule has 0 spiro atoms. The first-order valence-electron chi connectivity index (χ1n) is 9.75. The number of anilines is 1. The highest BCUT2D eigenvalue weighted by molar-refractivity contribution is 7.89. The Balaban J connectivity index is 1.45. The van der Waals surface area contributed by atoms with Gasteiger partial charge in [0.1, 0.15) is 4.90 Å². The zero-order valence-corrected chi connectivity index (χ0v) is 19.1. The fraction of sp³-hybridized carbons (Fsp3) is 0.286. The van der Waals surface area contributed by atoms with Gasteiger partial charge in [0.25, 0.3) is 0 Å². The van der Waals surface area contributed by atoms with Crippen molar-refractivity contribution in [2.75, 3.05) is 31.1 Å². The van der Waals surface area contributed by atoms with Crippen LogP contribution < -0.4 is 4.90 Å². The van der Waals surface area contributed by atoms with Gasteiger partial charge in [0.05, 0.1) is 16.3 Å². The van der Waals surface area contributed by atoms with Crippen molar-refractivity contribution in [3.8, 4) is 0 Å². The van der Waals surface area contributed by atoms with Crippen LogP contribution in [0.15, 0.2) is 58.8 Å². The molecule has 0 bridgehead atoms. The first-order valence-corrected chi connectivity index (χ1v) is 12.4. The van der Waals surface area contributed by atoms with Crippen molar-refractivity contribution in [3.63, 3.8) is 0 Å². The summed E-state index contributed by atoms with van der Waals surface area (Å²) in [5, 5.41) is 2.55. The highest BCUT2D eigenvalue weighted by Gasteiger charge is 2.35. The van der Waals surface area contributed by atoms with Crippen molar-refractivity contribution in [1.29, 1.82) is 0 Å². The lowest BCUT2D eigenvalue weighted by Crippen LogP contribution is -2.48. The lowest BCUT2D eigenvalue weighted by atomic mass is 10.1. The molecule has 0 unspecified atom stereocenters. The highest BCUT2D eigenvalue weighted by atomic mass is 35.5. The molecule has 1 aromatic heterocycles. The predicted octanol–water partition coefficient (Wildman–Crippen LogP) is 4.92. The van der Waals surface area contributed by atoms with Crippen LogP contribution >= 0.6 is 22.9 Å². The number of nitrogens with zero attached hydrogens (tertiary/aromatic N) is 3. The molecular formula is C21H19ClF3N3O2S2.